The van der Waals surface area contributed by atoms with E-state index in [-0.39, 0.29) is 17.8 Å². The average Bonchev–Trinajstić information content (AvgIpc) is 3.04. The van der Waals surface area contributed by atoms with Gasteiger partial charge in [0.25, 0.3) is 5.91 Å². The predicted molar refractivity (Wildman–Crippen MR) is 93.2 cm³/mol. The molecule has 0 aliphatic carbocycles. The highest BCUT2D eigenvalue weighted by Gasteiger charge is 2.34. The molecule has 2 atom stereocenters. The molecule has 1 aliphatic rings. The zero-order valence-corrected chi connectivity index (χ0v) is 14.4. The van der Waals surface area contributed by atoms with Gasteiger partial charge in [-0.15, -0.1) is 10.2 Å². The molecule has 7 nitrogen and oxygen atoms in total. The number of amidine groups is 1. The molecule has 2 unspecified atom stereocenters. The summed E-state index contributed by atoms with van der Waals surface area (Å²) in [7, 11) is 0. The van der Waals surface area contributed by atoms with Crippen molar-refractivity contribution in [1.29, 1.82) is 0 Å². The Labute approximate surface area is 146 Å². The summed E-state index contributed by atoms with van der Waals surface area (Å²) in [6.45, 7) is 2.48. The fourth-order valence-corrected chi connectivity index (χ4v) is 2.84. The zero-order chi connectivity index (χ0) is 17.5. The van der Waals surface area contributed by atoms with Crippen LogP contribution in [0, 0.1) is 0 Å². The Kier molecular flexibility index (Phi) is 6.69. The number of hydrogen-bond acceptors (Lipinski definition) is 4. The molecule has 0 spiro atoms. The van der Waals surface area contributed by atoms with E-state index < -0.39 is 6.10 Å². The van der Waals surface area contributed by atoms with Gasteiger partial charge in [0.05, 0.1) is 11.7 Å². The lowest BCUT2D eigenvalue weighted by molar-refractivity contribution is -0.140. The SMILES string of the molecule is CCCC(O)C(=O)N1CCCC1/C(N)=N/N=Nc1cccc(Cl)c1. The summed E-state index contributed by atoms with van der Waals surface area (Å²) in [5, 5.41) is 22.0. The van der Waals surface area contributed by atoms with E-state index in [1.165, 1.54) is 0 Å². The van der Waals surface area contributed by atoms with E-state index in [0.717, 1.165) is 12.8 Å². The van der Waals surface area contributed by atoms with E-state index in [4.69, 9.17) is 17.3 Å². The van der Waals surface area contributed by atoms with Crippen molar-refractivity contribution in [2.24, 2.45) is 21.2 Å². The van der Waals surface area contributed by atoms with Crippen LogP contribution < -0.4 is 5.73 Å². The summed E-state index contributed by atoms with van der Waals surface area (Å²) in [5.74, 6) is -0.0837. The standard InChI is InChI=1S/C16H22ClN5O2/c1-2-5-14(23)16(24)22-9-4-8-13(22)15(18)20-21-19-12-7-3-6-11(17)10-12/h3,6-7,10,13-14,23H,2,4-5,8-9H2,1H3,(H2,18,19,20). The van der Waals surface area contributed by atoms with Crippen molar-refractivity contribution < 1.29 is 9.90 Å². The zero-order valence-electron chi connectivity index (χ0n) is 13.6. The number of aliphatic hydroxyl groups excluding tert-OH is 1. The first-order valence-electron chi connectivity index (χ1n) is 8.01. The number of aliphatic hydroxyl groups is 1. The van der Waals surface area contributed by atoms with E-state index in [1.807, 2.05) is 6.92 Å². The highest BCUT2D eigenvalue weighted by atomic mass is 35.5. The Morgan fingerprint density at radius 3 is 3.04 bits per heavy atom. The number of nitrogens with zero attached hydrogens (tertiary/aromatic N) is 4. The van der Waals surface area contributed by atoms with E-state index in [2.05, 4.69) is 15.4 Å². The summed E-state index contributed by atoms with van der Waals surface area (Å²) >= 11 is 5.87. The van der Waals surface area contributed by atoms with Crippen molar-refractivity contribution in [3.8, 4) is 0 Å². The van der Waals surface area contributed by atoms with E-state index >= 15 is 0 Å². The van der Waals surface area contributed by atoms with Crippen LogP contribution in [0.25, 0.3) is 0 Å². The van der Waals surface area contributed by atoms with Gasteiger partial charge >= 0.3 is 0 Å². The lowest BCUT2D eigenvalue weighted by Crippen LogP contribution is -2.47. The highest BCUT2D eigenvalue weighted by Crippen LogP contribution is 2.21. The number of amides is 1. The third-order valence-electron chi connectivity index (χ3n) is 3.85. The first kappa shape index (κ1) is 18.4. The van der Waals surface area contributed by atoms with Crippen LogP contribution in [-0.2, 0) is 4.79 Å². The van der Waals surface area contributed by atoms with Gasteiger partial charge in [0, 0.05) is 11.6 Å². The number of likely N-dealkylation sites (tertiary alicyclic amines) is 1. The highest BCUT2D eigenvalue weighted by molar-refractivity contribution is 6.30. The van der Waals surface area contributed by atoms with Gasteiger partial charge in [0.1, 0.15) is 11.9 Å². The molecule has 1 aromatic rings. The minimum Gasteiger partial charge on any atom is -0.384 e. The summed E-state index contributed by atoms with van der Waals surface area (Å²) in [6.07, 6.45) is 1.71. The molecule has 0 bridgehead atoms. The second-order valence-corrected chi connectivity index (χ2v) is 6.12. The number of nitrogens with two attached hydrogens (primary N) is 1. The molecular formula is C16H22ClN5O2. The van der Waals surface area contributed by atoms with Crippen molar-refractivity contribution in [2.45, 2.75) is 44.8 Å². The lowest BCUT2D eigenvalue weighted by Gasteiger charge is -2.25. The molecule has 1 heterocycles. The smallest absolute Gasteiger partial charge is 0.252 e. The van der Waals surface area contributed by atoms with Crippen molar-refractivity contribution >= 4 is 29.0 Å². The fraction of sp³-hybridized carbons (Fsp3) is 0.500. The largest absolute Gasteiger partial charge is 0.384 e. The maximum atomic E-state index is 12.3. The normalized spacial score (nSPS) is 19.9. The molecule has 0 saturated carbocycles. The van der Waals surface area contributed by atoms with Crippen molar-refractivity contribution in [2.75, 3.05) is 6.54 Å². The van der Waals surface area contributed by atoms with Gasteiger partial charge in [0.2, 0.25) is 0 Å². The number of carbonyl (C=O) groups excluding carboxylic acids is 1. The minimum absolute atomic E-state index is 0.218. The van der Waals surface area contributed by atoms with Gasteiger partial charge in [-0.25, -0.2) is 0 Å². The van der Waals surface area contributed by atoms with E-state index in [9.17, 15) is 9.90 Å². The van der Waals surface area contributed by atoms with Gasteiger partial charge in [-0.05, 0) is 42.7 Å². The Morgan fingerprint density at radius 1 is 1.54 bits per heavy atom. The second-order valence-electron chi connectivity index (χ2n) is 5.69. The van der Waals surface area contributed by atoms with Crippen LogP contribution in [0.15, 0.2) is 39.7 Å². The first-order valence-corrected chi connectivity index (χ1v) is 8.39. The topological polar surface area (TPSA) is 104 Å². The van der Waals surface area contributed by atoms with Crippen LogP contribution in [0.1, 0.15) is 32.6 Å². The van der Waals surface area contributed by atoms with Gasteiger partial charge in [-0.2, -0.15) is 0 Å². The summed E-state index contributed by atoms with van der Waals surface area (Å²) in [5.41, 5.74) is 6.54. The van der Waals surface area contributed by atoms with E-state index in [1.54, 1.807) is 29.2 Å². The van der Waals surface area contributed by atoms with Crippen LogP contribution in [0.5, 0.6) is 0 Å². The lowest BCUT2D eigenvalue weighted by atomic mass is 10.1. The van der Waals surface area contributed by atoms with Crippen LogP contribution in [0.3, 0.4) is 0 Å². The number of rotatable bonds is 6. The maximum Gasteiger partial charge on any atom is 0.252 e. The quantitative estimate of drug-likeness (QED) is 0.356. The first-order chi connectivity index (χ1) is 11.5. The summed E-state index contributed by atoms with van der Waals surface area (Å²) in [6, 6.07) is 6.55. The molecule has 1 amide bonds. The number of halogens is 1. The fourth-order valence-electron chi connectivity index (χ4n) is 2.66. The molecule has 0 radical (unpaired) electrons. The molecule has 1 fully saturated rings. The van der Waals surface area contributed by atoms with Crippen LogP contribution in [0.2, 0.25) is 5.02 Å². The second kappa shape index (κ2) is 8.75. The van der Waals surface area contributed by atoms with Gasteiger partial charge in [0.15, 0.2) is 0 Å². The molecule has 2 rings (SSSR count). The van der Waals surface area contributed by atoms with Gasteiger partial charge in [-0.3, -0.25) is 4.79 Å². The Bertz CT molecular complexity index is 635. The number of benzene rings is 1. The monoisotopic (exact) mass is 351 g/mol. The molecule has 130 valence electrons. The van der Waals surface area contributed by atoms with Crippen molar-refractivity contribution in [1.82, 2.24) is 4.90 Å². The van der Waals surface area contributed by atoms with Crippen LogP contribution in [-0.4, -0.2) is 40.4 Å². The average molecular weight is 352 g/mol. The molecule has 1 aromatic carbocycles. The Morgan fingerprint density at radius 2 is 2.33 bits per heavy atom. The minimum atomic E-state index is -0.989. The summed E-state index contributed by atoms with van der Waals surface area (Å²) in [4.78, 5) is 13.9. The molecule has 8 heteroatoms. The predicted octanol–water partition coefficient (Wildman–Crippen LogP) is 2.85. The van der Waals surface area contributed by atoms with Gasteiger partial charge in [-0.1, -0.05) is 31.0 Å². The Hall–Kier alpha value is -1.99. The molecule has 24 heavy (non-hydrogen) atoms. The molecule has 3 N–H and O–H groups in total. The van der Waals surface area contributed by atoms with Crippen LogP contribution >= 0.6 is 11.6 Å². The third-order valence-corrected chi connectivity index (χ3v) is 4.09. The summed E-state index contributed by atoms with van der Waals surface area (Å²) < 4.78 is 0. The molecule has 1 aliphatic heterocycles. The van der Waals surface area contributed by atoms with Crippen molar-refractivity contribution in [3.05, 3.63) is 29.3 Å². The molecule has 1 saturated heterocycles. The molecular weight excluding hydrogens is 330 g/mol. The Balaban J connectivity index is 2.04. The maximum absolute atomic E-state index is 12.3. The van der Waals surface area contributed by atoms with E-state index in [0.29, 0.717) is 30.1 Å². The third kappa shape index (κ3) is 4.75. The van der Waals surface area contributed by atoms with Crippen LogP contribution in [0.4, 0.5) is 5.69 Å². The number of hydrogen-bond donors (Lipinski definition) is 2. The van der Waals surface area contributed by atoms with Crippen molar-refractivity contribution in [3.63, 3.8) is 0 Å². The van der Waals surface area contributed by atoms with Gasteiger partial charge < -0.3 is 15.7 Å². The number of carbonyl (C=O) groups is 1. The molecule has 0 aromatic heterocycles.